The van der Waals surface area contributed by atoms with Crippen LogP contribution >= 0.6 is 11.6 Å². The maximum atomic E-state index is 14.2. The van der Waals surface area contributed by atoms with Gasteiger partial charge in [0, 0.05) is 42.8 Å². The molecule has 210 valence electrons. The van der Waals surface area contributed by atoms with Crippen LogP contribution in [0.4, 0.5) is 24.7 Å². The Labute approximate surface area is 228 Å². The van der Waals surface area contributed by atoms with E-state index in [-0.39, 0.29) is 35.3 Å². The van der Waals surface area contributed by atoms with Crippen molar-refractivity contribution in [2.24, 2.45) is 5.92 Å². The standard InChI is InChI=1S/C25H28ClF3N6O3S/c1-24(2)8-9-34(17-14-31-20-12-18(26)32-35(20)22(17)24)19-5-4-16(13-30-19)21(25(27,28)29)33(3)23(36)15-6-10-39(37,38)11-7-15/h4-5,12-15,21H,6-11H2,1-3H3/t21-/m0/s1. The first-order chi connectivity index (χ1) is 18.2. The summed E-state index contributed by atoms with van der Waals surface area (Å²) in [4.78, 5) is 24.3. The summed E-state index contributed by atoms with van der Waals surface area (Å²) in [6, 6.07) is 2.27. The third-order valence-corrected chi connectivity index (χ3v) is 9.54. The van der Waals surface area contributed by atoms with E-state index in [2.05, 4.69) is 28.9 Å². The zero-order valence-electron chi connectivity index (χ0n) is 21.6. The lowest BCUT2D eigenvalue weighted by Crippen LogP contribution is -2.44. The molecular weight excluding hydrogens is 557 g/mol. The number of carbonyl (C=O) groups excluding carboxylic acids is 1. The quantitative estimate of drug-likeness (QED) is 0.445. The highest BCUT2D eigenvalue weighted by atomic mass is 35.5. The van der Waals surface area contributed by atoms with Crippen LogP contribution in [0.1, 0.15) is 50.4 Å². The predicted octanol–water partition coefficient (Wildman–Crippen LogP) is 4.48. The Morgan fingerprint density at radius 3 is 2.49 bits per heavy atom. The molecule has 0 N–H and O–H groups in total. The van der Waals surface area contributed by atoms with Crippen molar-refractivity contribution in [3.63, 3.8) is 0 Å². The van der Waals surface area contributed by atoms with E-state index in [0.717, 1.165) is 31.0 Å². The Morgan fingerprint density at radius 2 is 1.87 bits per heavy atom. The summed E-state index contributed by atoms with van der Waals surface area (Å²) in [5, 5.41) is 4.68. The molecule has 9 nitrogen and oxygen atoms in total. The van der Waals surface area contributed by atoms with Crippen LogP contribution in [0.25, 0.3) is 5.65 Å². The molecule has 0 saturated carbocycles. The van der Waals surface area contributed by atoms with Gasteiger partial charge in [-0.1, -0.05) is 31.5 Å². The second kappa shape index (κ2) is 9.61. The number of halogens is 4. The molecule has 1 amide bonds. The van der Waals surface area contributed by atoms with Crippen molar-refractivity contribution >= 4 is 44.5 Å². The van der Waals surface area contributed by atoms with Gasteiger partial charge in [-0.3, -0.25) is 4.79 Å². The average molecular weight is 585 g/mol. The summed E-state index contributed by atoms with van der Waals surface area (Å²) in [5.74, 6) is -1.48. The van der Waals surface area contributed by atoms with Gasteiger partial charge >= 0.3 is 6.18 Å². The monoisotopic (exact) mass is 584 g/mol. The number of sulfone groups is 1. The van der Waals surface area contributed by atoms with E-state index < -0.39 is 33.9 Å². The number of anilines is 2. The van der Waals surface area contributed by atoms with Crippen molar-refractivity contribution < 1.29 is 26.4 Å². The number of aromatic nitrogens is 4. The van der Waals surface area contributed by atoms with Crippen LogP contribution in [-0.4, -0.2) is 70.1 Å². The Bertz CT molecular complexity index is 1510. The maximum absolute atomic E-state index is 14.2. The molecule has 0 spiro atoms. The van der Waals surface area contributed by atoms with Crippen LogP contribution in [0.15, 0.2) is 30.6 Å². The zero-order valence-corrected chi connectivity index (χ0v) is 23.2. The molecule has 0 aromatic carbocycles. The number of hydrogen-bond acceptors (Lipinski definition) is 7. The lowest BCUT2D eigenvalue weighted by Gasteiger charge is -2.39. The summed E-state index contributed by atoms with van der Waals surface area (Å²) in [7, 11) is -2.15. The van der Waals surface area contributed by atoms with Crippen molar-refractivity contribution in [1.29, 1.82) is 0 Å². The highest BCUT2D eigenvalue weighted by molar-refractivity contribution is 7.91. The highest BCUT2D eigenvalue weighted by Gasteiger charge is 2.47. The Morgan fingerprint density at radius 1 is 1.18 bits per heavy atom. The van der Waals surface area contributed by atoms with Gasteiger partial charge in [0.25, 0.3) is 0 Å². The zero-order chi connectivity index (χ0) is 28.3. The minimum atomic E-state index is -4.76. The number of alkyl halides is 3. The van der Waals surface area contributed by atoms with Crippen molar-refractivity contribution in [2.75, 3.05) is 30.0 Å². The van der Waals surface area contributed by atoms with E-state index >= 15 is 0 Å². The number of fused-ring (bicyclic) bond motifs is 3. The number of carbonyl (C=O) groups is 1. The molecule has 1 fully saturated rings. The van der Waals surface area contributed by atoms with Gasteiger partial charge in [0.2, 0.25) is 5.91 Å². The Kier molecular flexibility index (Phi) is 6.81. The van der Waals surface area contributed by atoms with Gasteiger partial charge in [-0.15, -0.1) is 0 Å². The predicted molar refractivity (Wildman–Crippen MR) is 140 cm³/mol. The molecule has 0 aliphatic carbocycles. The van der Waals surface area contributed by atoms with Gasteiger partial charge < -0.3 is 9.80 Å². The molecular formula is C25H28ClF3N6O3S. The summed E-state index contributed by atoms with van der Waals surface area (Å²) in [5.41, 5.74) is 1.73. The number of rotatable bonds is 4. The first kappa shape index (κ1) is 27.6. The molecule has 39 heavy (non-hydrogen) atoms. The summed E-state index contributed by atoms with van der Waals surface area (Å²) >= 11 is 6.12. The van der Waals surface area contributed by atoms with Gasteiger partial charge in [0.15, 0.2) is 16.8 Å². The molecule has 0 radical (unpaired) electrons. The first-order valence-corrected chi connectivity index (χ1v) is 14.7. The van der Waals surface area contributed by atoms with Gasteiger partial charge in [-0.2, -0.15) is 18.3 Å². The molecule has 5 heterocycles. The van der Waals surface area contributed by atoms with Crippen LogP contribution in [0, 0.1) is 5.92 Å². The highest BCUT2D eigenvalue weighted by Crippen LogP contribution is 2.43. The van der Waals surface area contributed by atoms with Crippen LogP contribution < -0.4 is 4.90 Å². The molecule has 1 atom stereocenters. The van der Waals surface area contributed by atoms with E-state index in [9.17, 15) is 26.4 Å². The lowest BCUT2D eigenvalue weighted by atomic mass is 9.81. The topological polar surface area (TPSA) is 101 Å². The largest absolute Gasteiger partial charge is 0.413 e. The third-order valence-electron chi connectivity index (χ3n) is 7.64. The summed E-state index contributed by atoms with van der Waals surface area (Å²) in [6.45, 7) is 4.72. The fourth-order valence-electron chi connectivity index (χ4n) is 5.50. The van der Waals surface area contributed by atoms with Gasteiger partial charge in [-0.25, -0.2) is 22.9 Å². The summed E-state index contributed by atoms with van der Waals surface area (Å²) in [6.07, 6.45) is -1.18. The normalized spacial score (nSPS) is 20.0. The van der Waals surface area contributed by atoms with Gasteiger partial charge in [-0.05, 0) is 25.3 Å². The molecule has 5 rings (SSSR count). The molecule has 3 aromatic rings. The summed E-state index contributed by atoms with van der Waals surface area (Å²) < 4.78 is 67.8. The van der Waals surface area contributed by atoms with Crippen molar-refractivity contribution in [3.8, 4) is 0 Å². The molecule has 2 aliphatic rings. The number of amides is 1. The smallest absolute Gasteiger partial charge is 0.330 e. The van der Waals surface area contributed by atoms with Crippen LogP contribution in [0.3, 0.4) is 0 Å². The Hall–Kier alpha value is -2.93. The van der Waals surface area contributed by atoms with Crippen LogP contribution in [0.2, 0.25) is 5.15 Å². The van der Waals surface area contributed by atoms with Crippen LogP contribution in [-0.2, 0) is 20.0 Å². The number of nitrogens with zero attached hydrogens (tertiary/aromatic N) is 6. The van der Waals surface area contributed by atoms with Crippen molar-refractivity contribution in [1.82, 2.24) is 24.5 Å². The van der Waals surface area contributed by atoms with Crippen molar-refractivity contribution in [2.45, 2.75) is 50.7 Å². The van der Waals surface area contributed by atoms with Crippen molar-refractivity contribution in [3.05, 3.63) is 47.0 Å². The minimum Gasteiger partial charge on any atom is -0.330 e. The molecule has 1 saturated heterocycles. The first-order valence-electron chi connectivity index (χ1n) is 12.5. The van der Waals surface area contributed by atoms with Crippen LogP contribution in [0.5, 0.6) is 0 Å². The van der Waals surface area contributed by atoms with E-state index in [0.29, 0.717) is 28.1 Å². The fraction of sp³-hybridized carbons (Fsp3) is 0.520. The Balaban J connectivity index is 1.45. The number of pyridine rings is 1. The van der Waals surface area contributed by atoms with E-state index in [4.69, 9.17) is 11.6 Å². The van der Waals surface area contributed by atoms with Gasteiger partial charge in [0.1, 0.15) is 15.7 Å². The second-order valence-corrected chi connectivity index (χ2v) is 13.5. The number of hydrogen-bond donors (Lipinski definition) is 0. The molecule has 0 unspecified atom stereocenters. The maximum Gasteiger partial charge on any atom is 0.413 e. The lowest BCUT2D eigenvalue weighted by molar-refractivity contribution is -0.190. The molecule has 14 heteroatoms. The molecule has 2 aliphatic heterocycles. The second-order valence-electron chi connectivity index (χ2n) is 10.8. The van der Waals surface area contributed by atoms with Gasteiger partial charge in [0.05, 0.1) is 29.1 Å². The minimum absolute atomic E-state index is 0.0146. The molecule has 3 aromatic heterocycles. The molecule has 0 bridgehead atoms. The van der Waals surface area contributed by atoms with E-state index in [1.807, 2.05) is 4.90 Å². The fourth-order valence-corrected chi connectivity index (χ4v) is 7.16. The van der Waals surface area contributed by atoms with E-state index in [1.54, 1.807) is 16.8 Å². The average Bonchev–Trinajstić information content (AvgIpc) is 3.23. The third kappa shape index (κ3) is 5.18. The van der Waals surface area contributed by atoms with E-state index in [1.165, 1.54) is 12.1 Å². The SMILES string of the molecule is CN(C(=O)C1CCS(=O)(=O)CC1)[C@@H](c1ccc(N2CCC(C)(C)c3c2cnc2cc(Cl)nn32)nc1)C(F)(F)F.